The van der Waals surface area contributed by atoms with Crippen molar-refractivity contribution in [3.8, 4) is 5.75 Å². The van der Waals surface area contributed by atoms with E-state index in [1.165, 1.54) is 24.3 Å². The highest BCUT2D eigenvalue weighted by molar-refractivity contribution is 5.76. The Bertz CT molecular complexity index is 534. The van der Waals surface area contributed by atoms with Gasteiger partial charge in [-0.2, -0.15) is 0 Å². The summed E-state index contributed by atoms with van der Waals surface area (Å²) in [7, 11) is 0. The third-order valence-corrected chi connectivity index (χ3v) is 2.66. The number of esters is 1. The third kappa shape index (κ3) is 3.56. The molecule has 0 saturated carbocycles. The quantitative estimate of drug-likeness (QED) is 0.825. The lowest BCUT2D eigenvalue weighted by atomic mass is 10.1. The molecule has 4 heteroatoms. The number of hydrogen-bond acceptors (Lipinski definition) is 4. The van der Waals surface area contributed by atoms with E-state index in [0.29, 0.717) is 5.56 Å². The zero-order valence-electron chi connectivity index (χ0n) is 10.2. The fourth-order valence-corrected chi connectivity index (χ4v) is 1.60. The Morgan fingerprint density at radius 3 is 2.32 bits per heavy atom. The van der Waals surface area contributed by atoms with E-state index in [0.717, 1.165) is 5.56 Å². The summed E-state index contributed by atoms with van der Waals surface area (Å²) in [5, 5.41) is 18.9. The van der Waals surface area contributed by atoms with Gasteiger partial charge in [0.15, 0.2) is 6.10 Å². The lowest BCUT2D eigenvalue weighted by Crippen LogP contribution is -2.15. The van der Waals surface area contributed by atoms with E-state index >= 15 is 0 Å². The summed E-state index contributed by atoms with van der Waals surface area (Å²) in [6.07, 6.45) is -1.34. The van der Waals surface area contributed by atoms with E-state index < -0.39 is 12.1 Å². The molecule has 0 saturated heterocycles. The number of phenolic OH excluding ortho intramolecular Hbond substituents is 1. The summed E-state index contributed by atoms with van der Waals surface area (Å²) < 4.78 is 5.02. The molecule has 0 heterocycles. The Morgan fingerprint density at radius 2 is 1.68 bits per heavy atom. The van der Waals surface area contributed by atoms with Crippen LogP contribution in [0.1, 0.15) is 17.2 Å². The number of benzene rings is 2. The van der Waals surface area contributed by atoms with Gasteiger partial charge in [-0.1, -0.05) is 42.5 Å². The van der Waals surface area contributed by atoms with Crippen molar-refractivity contribution < 1.29 is 19.7 Å². The molecule has 1 atom stereocenters. The fraction of sp³-hybridized carbons (Fsp3) is 0.133. The Morgan fingerprint density at radius 1 is 1.05 bits per heavy atom. The number of aliphatic hydroxyl groups is 1. The molecule has 0 spiro atoms. The number of phenols is 1. The Kier molecular flexibility index (Phi) is 4.15. The minimum Gasteiger partial charge on any atom is -0.508 e. The summed E-state index contributed by atoms with van der Waals surface area (Å²) in [4.78, 5) is 11.7. The SMILES string of the molecule is O=C(OCc1ccccc1)C(O)c1ccc(O)cc1. The average molecular weight is 258 g/mol. The Labute approximate surface area is 110 Å². The standard InChI is InChI=1S/C15H14O4/c16-13-8-6-12(7-9-13)14(17)15(18)19-10-11-4-2-1-3-5-11/h1-9,14,16-17H,10H2. The predicted molar refractivity (Wildman–Crippen MR) is 69.3 cm³/mol. The van der Waals surface area contributed by atoms with Crippen LogP contribution in [0.5, 0.6) is 5.75 Å². The second-order valence-corrected chi connectivity index (χ2v) is 4.09. The van der Waals surface area contributed by atoms with Crippen LogP contribution in [0.2, 0.25) is 0 Å². The molecule has 4 nitrogen and oxygen atoms in total. The van der Waals surface area contributed by atoms with Gasteiger partial charge in [0.25, 0.3) is 0 Å². The van der Waals surface area contributed by atoms with Gasteiger partial charge in [-0.3, -0.25) is 0 Å². The minimum atomic E-state index is -1.34. The van der Waals surface area contributed by atoms with Crippen LogP contribution in [0, 0.1) is 0 Å². The summed E-state index contributed by atoms with van der Waals surface area (Å²) in [6, 6.07) is 15.0. The van der Waals surface area contributed by atoms with Gasteiger partial charge < -0.3 is 14.9 Å². The van der Waals surface area contributed by atoms with Crippen molar-refractivity contribution in [2.45, 2.75) is 12.7 Å². The Hall–Kier alpha value is -2.33. The molecular weight excluding hydrogens is 244 g/mol. The van der Waals surface area contributed by atoms with Crippen LogP contribution in [0.15, 0.2) is 54.6 Å². The van der Waals surface area contributed by atoms with Crippen LogP contribution in [0.4, 0.5) is 0 Å². The number of carbonyl (C=O) groups excluding carboxylic acids is 1. The van der Waals surface area contributed by atoms with E-state index in [9.17, 15) is 9.90 Å². The minimum absolute atomic E-state index is 0.0774. The second kappa shape index (κ2) is 6.02. The third-order valence-electron chi connectivity index (χ3n) is 2.66. The number of carbonyl (C=O) groups is 1. The summed E-state index contributed by atoms with van der Waals surface area (Å²) in [5.74, 6) is -0.636. The highest BCUT2D eigenvalue weighted by Crippen LogP contribution is 2.18. The second-order valence-electron chi connectivity index (χ2n) is 4.09. The largest absolute Gasteiger partial charge is 0.508 e. The normalized spacial score (nSPS) is 11.8. The number of ether oxygens (including phenoxy) is 1. The van der Waals surface area contributed by atoms with Gasteiger partial charge in [0.1, 0.15) is 12.4 Å². The van der Waals surface area contributed by atoms with Crippen molar-refractivity contribution in [1.29, 1.82) is 0 Å². The van der Waals surface area contributed by atoms with Gasteiger partial charge in [-0.25, -0.2) is 4.79 Å². The van der Waals surface area contributed by atoms with Gasteiger partial charge in [0.2, 0.25) is 0 Å². The van der Waals surface area contributed by atoms with Crippen LogP contribution >= 0.6 is 0 Å². The molecular formula is C15H14O4. The molecule has 2 rings (SSSR count). The number of rotatable bonds is 4. The topological polar surface area (TPSA) is 66.8 Å². The number of aliphatic hydroxyl groups excluding tert-OH is 1. The van der Waals surface area contributed by atoms with E-state index in [4.69, 9.17) is 9.84 Å². The van der Waals surface area contributed by atoms with Crippen molar-refractivity contribution in [2.24, 2.45) is 0 Å². The van der Waals surface area contributed by atoms with Crippen LogP contribution in [-0.4, -0.2) is 16.2 Å². The highest BCUT2D eigenvalue weighted by atomic mass is 16.5. The maximum atomic E-state index is 11.7. The summed E-state index contributed by atoms with van der Waals surface area (Å²) in [5.41, 5.74) is 1.24. The molecule has 0 aliphatic heterocycles. The van der Waals surface area contributed by atoms with Crippen LogP contribution < -0.4 is 0 Å². The highest BCUT2D eigenvalue weighted by Gasteiger charge is 2.18. The van der Waals surface area contributed by atoms with Crippen LogP contribution in [-0.2, 0) is 16.1 Å². The molecule has 0 aromatic heterocycles. The molecule has 0 aliphatic carbocycles. The Balaban J connectivity index is 1.94. The fourth-order valence-electron chi connectivity index (χ4n) is 1.60. The molecule has 0 amide bonds. The maximum Gasteiger partial charge on any atom is 0.339 e. The zero-order valence-corrected chi connectivity index (χ0v) is 10.2. The van der Waals surface area contributed by atoms with Crippen molar-refractivity contribution in [2.75, 3.05) is 0 Å². The first-order chi connectivity index (χ1) is 9.16. The van der Waals surface area contributed by atoms with Gasteiger partial charge >= 0.3 is 5.97 Å². The molecule has 0 bridgehead atoms. The van der Waals surface area contributed by atoms with E-state index in [2.05, 4.69) is 0 Å². The monoisotopic (exact) mass is 258 g/mol. The first kappa shape index (κ1) is 13.1. The summed E-state index contributed by atoms with van der Waals surface area (Å²) in [6.45, 7) is 0.120. The molecule has 0 radical (unpaired) electrons. The molecule has 2 N–H and O–H groups in total. The first-order valence-corrected chi connectivity index (χ1v) is 5.84. The predicted octanol–water partition coefficient (Wildman–Crippen LogP) is 2.17. The van der Waals surface area contributed by atoms with Crippen molar-refractivity contribution in [3.05, 3.63) is 65.7 Å². The average Bonchev–Trinajstić information content (AvgIpc) is 2.46. The smallest absolute Gasteiger partial charge is 0.339 e. The van der Waals surface area contributed by atoms with Crippen molar-refractivity contribution >= 4 is 5.97 Å². The summed E-state index contributed by atoms with van der Waals surface area (Å²) >= 11 is 0. The van der Waals surface area contributed by atoms with Crippen LogP contribution in [0.3, 0.4) is 0 Å². The van der Waals surface area contributed by atoms with Gasteiger partial charge in [-0.05, 0) is 23.3 Å². The maximum absolute atomic E-state index is 11.7. The lowest BCUT2D eigenvalue weighted by Gasteiger charge is -2.11. The van der Waals surface area contributed by atoms with Crippen molar-refractivity contribution in [3.63, 3.8) is 0 Å². The van der Waals surface area contributed by atoms with Gasteiger partial charge in [-0.15, -0.1) is 0 Å². The van der Waals surface area contributed by atoms with E-state index in [1.807, 2.05) is 30.3 Å². The molecule has 2 aromatic rings. The van der Waals surface area contributed by atoms with Crippen molar-refractivity contribution in [1.82, 2.24) is 0 Å². The molecule has 98 valence electrons. The van der Waals surface area contributed by atoms with Gasteiger partial charge in [0.05, 0.1) is 0 Å². The zero-order chi connectivity index (χ0) is 13.7. The molecule has 2 aromatic carbocycles. The lowest BCUT2D eigenvalue weighted by molar-refractivity contribution is -0.155. The number of aromatic hydroxyl groups is 1. The van der Waals surface area contributed by atoms with E-state index in [-0.39, 0.29) is 12.4 Å². The van der Waals surface area contributed by atoms with E-state index in [1.54, 1.807) is 0 Å². The van der Waals surface area contributed by atoms with Crippen LogP contribution in [0.25, 0.3) is 0 Å². The molecule has 19 heavy (non-hydrogen) atoms. The number of hydrogen-bond donors (Lipinski definition) is 2. The van der Waals surface area contributed by atoms with Gasteiger partial charge in [0, 0.05) is 0 Å². The molecule has 1 unspecified atom stereocenters. The molecule has 0 fully saturated rings. The molecule has 0 aliphatic rings. The first-order valence-electron chi connectivity index (χ1n) is 5.84.